The third-order valence-electron chi connectivity index (χ3n) is 5.49. The van der Waals surface area contributed by atoms with E-state index in [0.717, 1.165) is 4.70 Å². The molecular weight excluding hydrogens is 556 g/mol. The Balaban J connectivity index is 1.34. The molecule has 0 saturated carbocycles. The normalized spacial score (nSPS) is 17.1. The second-order valence-electron chi connectivity index (χ2n) is 7.98. The number of carbonyl (C=O) groups is 2. The summed E-state index contributed by atoms with van der Waals surface area (Å²) in [5.74, 6) is -0.825. The lowest BCUT2D eigenvalue weighted by atomic mass is 10.2. The van der Waals surface area contributed by atoms with Gasteiger partial charge in [-0.2, -0.15) is 0 Å². The first-order valence-corrected chi connectivity index (χ1v) is 13.9. The first kappa shape index (κ1) is 25.5. The lowest BCUT2D eigenvalue weighted by Crippen LogP contribution is -2.33. The molecule has 0 aliphatic carbocycles. The number of nitrogens with one attached hydrogen (secondary N) is 2. The average molecular weight is 573 g/mol. The van der Waals surface area contributed by atoms with Crippen LogP contribution >= 0.6 is 46.5 Å². The molecule has 9 nitrogen and oxygen atoms in total. The number of anilines is 1. The minimum Gasteiger partial charge on any atom is -0.480 e. The van der Waals surface area contributed by atoms with Crippen molar-refractivity contribution in [3.8, 4) is 0 Å². The molecule has 1 aromatic heterocycles. The van der Waals surface area contributed by atoms with Crippen LogP contribution in [0.15, 0.2) is 69.9 Å². The molecule has 1 aliphatic heterocycles. The number of thiazole rings is 1. The van der Waals surface area contributed by atoms with E-state index >= 15 is 0 Å². The maximum atomic E-state index is 12.5. The van der Waals surface area contributed by atoms with Gasteiger partial charge in [-0.25, -0.2) is 4.98 Å². The fourth-order valence-electron chi connectivity index (χ4n) is 3.66. The van der Waals surface area contributed by atoms with Crippen molar-refractivity contribution in [1.82, 2.24) is 10.3 Å². The van der Waals surface area contributed by atoms with Crippen molar-refractivity contribution in [3.63, 3.8) is 0 Å². The van der Waals surface area contributed by atoms with Crippen molar-refractivity contribution in [1.29, 1.82) is 0 Å². The molecule has 188 valence electrons. The summed E-state index contributed by atoms with van der Waals surface area (Å²) in [6.07, 6.45) is 0. The predicted octanol–water partition coefficient (Wildman–Crippen LogP) is 6.05. The number of aliphatic carboxylic acids is 1. The zero-order chi connectivity index (χ0) is 26.1. The van der Waals surface area contributed by atoms with E-state index in [1.165, 1.54) is 40.9 Å². The van der Waals surface area contributed by atoms with Crippen molar-refractivity contribution in [2.45, 2.75) is 20.7 Å². The first-order chi connectivity index (χ1) is 17.8. The Hall–Kier alpha value is -3.16. The molecule has 0 bridgehead atoms. The van der Waals surface area contributed by atoms with Gasteiger partial charge in [0.25, 0.3) is 11.6 Å². The largest absolute Gasteiger partial charge is 0.480 e. The maximum Gasteiger partial charge on any atom is 0.321 e. The highest BCUT2D eigenvalue weighted by Gasteiger charge is 2.31. The van der Waals surface area contributed by atoms with Crippen molar-refractivity contribution in [2.75, 3.05) is 11.1 Å². The van der Waals surface area contributed by atoms with Crippen LogP contribution in [0.25, 0.3) is 10.2 Å². The molecule has 3 N–H and O–H groups in total. The van der Waals surface area contributed by atoms with E-state index < -0.39 is 16.9 Å². The Labute approximate surface area is 227 Å². The van der Waals surface area contributed by atoms with Gasteiger partial charge >= 0.3 is 5.97 Å². The summed E-state index contributed by atoms with van der Waals surface area (Å²) in [4.78, 5) is 40.1. The Morgan fingerprint density at radius 1 is 1.16 bits per heavy atom. The van der Waals surface area contributed by atoms with Crippen LogP contribution in [-0.2, 0) is 4.79 Å². The second-order valence-corrected chi connectivity index (χ2v) is 11.9. The van der Waals surface area contributed by atoms with Gasteiger partial charge in [-0.05, 0) is 54.1 Å². The number of carbonyl (C=O) groups excluding carboxylic acids is 1. The van der Waals surface area contributed by atoms with E-state index in [1.54, 1.807) is 48.5 Å². The molecule has 37 heavy (non-hydrogen) atoms. The van der Waals surface area contributed by atoms with E-state index in [4.69, 9.17) is 11.6 Å². The van der Waals surface area contributed by atoms with Crippen LogP contribution in [0, 0.1) is 10.1 Å². The molecule has 1 amide bonds. The van der Waals surface area contributed by atoms with Gasteiger partial charge in [0.05, 0.1) is 25.4 Å². The smallest absolute Gasteiger partial charge is 0.321 e. The van der Waals surface area contributed by atoms with Crippen LogP contribution in [0.5, 0.6) is 0 Å². The summed E-state index contributed by atoms with van der Waals surface area (Å²) >= 11 is 9.84. The maximum absolute atomic E-state index is 12.5. The molecule has 0 radical (unpaired) electrons. The Kier molecular flexibility index (Phi) is 7.36. The van der Waals surface area contributed by atoms with Gasteiger partial charge in [-0.15, -0.1) is 23.1 Å². The number of benzene rings is 3. The molecule has 1 fully saturated rings. The topological polar surface area (TPSA) is 134 Å². The Morgan fingerprint density at radius 3 is 2.65 bits per heavy atom. The van der Waals surface area contributed by atoms with Crippen molar-refractivity contribution in [2.24, 2.45) is 0 Å². The zero-order valence-electron chi connectivity index (χ0n) is 18.7. The van der Waals surface area contributed by atoms with E-state index in [9.17, 15) is 24.8 Å². The summed E-state index contributed by atoms with van der Waals surface area (Å²) in [7, 11) is 0. The van der Waals surface area contributed by atoms with Crippen LogP contribution < -0.4 is 10.6 Å². The van der Waals surface area contributed by atoms with Gasteiger partial charge in [0.2, 0.25) is 0 Å². The fraction of sp³-hybridized carbons (Fsp3) is 0.125. The first-order valence-electron chi connectivity index (χ1n) is 10.8. The minimum atomic E-state index is -0.944. The molecule has 3 aromatic carbocycles. The minimum absolute atomic E-state index is 0.0705. The number of nitro groups is 1. The van der Waals surface area contributed by atoms with E-state index in [1.807, 2.05) is 6.07 Å². The summed E-state index contributed by atoms with van der Waals surface area (Å²) in [6, 6.07) is 16.1. The number of halogens is 1. The van der Waals surface area contributed by atoms with Crippen LogP contribution in [0.2, 0.25) is 5.02 Å². The average Bonchev–Trinajstić information content (AvgIpc) is 3.51. The van der Waals surface area contributed by atoms with Gasteiger partial charge in [0.15, 0.2) is 4.34 Å². The Bertz CT molecular complexity index is 1530. The van der Waals surface area contributed by atoms with Crippen LogP contribution in [0.4, 0.5) is 11.4 Å². The van der Waals surface area contributed by atoms with Crippen molar-refractivity contribution < 1.29 is 19.6 Å². The van der Waals surface area contributed by atoms with Crippen molar-refractivity contribution >= 4 is 79.9 Å². The fourth-order valence-corrected chi connectivity index (χ4v) is 7.15. The quantitative estimate of drug-likeness (QED) is 0.179. The molecule has 0 spiro atoms. The molecule has 0 unspecified atom stereocenters. The second kappa shape index (κ2) is 10.7. The SMILES string of the molecule is O=C(Nc1ccc2nc(Sc3ccc([C@@H]4N[C@@H](C(=O)O)CS4)cc3[N+](=O)[O-])sc2c1)c1ccc(Cl)cc1. The highest BCUT2D eigenvalue weighted by molar-refractivity contribution is 8.01. The lowest BCUT2D eigenvalue weighted by Gasteiger charge is -2.12. The van der Waals surface area contributed by atoms with Crippen molar-refractivity contribution in [3.05, 3.63) is 86.9 Å². The molecule has 2 heterocycles. The molecule has 1 aliphatic rings. The van der Waals surface area contributed by atoms with Crippen LogP contribution in [0.3, 0.4) is 0 Å². The molecule has 4 aromatic rings. The number of carboxylic acids is 1. The number of thioether (sulfide) groups is 1. The third kappa shape index (κ3) is 5.73. The number of carboxylic acid groups (broad SMARTS) is 1. The highest BCUT2D eigenvalue weighted by Crippen LogP contribution is 2.42. The van der Waals surface area contributed by atoms with E-state index in [2.05, 4.69) is 15.6 Å². The number of aromatic nitrogens is 1. The van der Waals surface area contributed by atoms with Crippen LogP contribution in [-0.4, -0.2) is 38.7 Å². The predicted molar refractivity (Wildman–Crippen MR) is 146 cm³/mol. The molecule has 1 saturated heterocycles. The monoisotopic (exact) mass is 572 g/mol. The zero-order valence-corrected chi connectivity index (χ0v) is 21.9. The molecule has 2 atom stereocenters. The molecule has 13 heteroatoms. The molecular formula is C24H17ClN4O5S3. The number of nitro benzene ring substituents is 1. The summed E-state index contributed by atoms with van der Waals surface area (Å²) in [6.45, 7) is 0. The van der Waals surface area contributed by atoms with Crippen LogP contribution in [0.1, 0.15) is 21.3 Å². The van der Waals surface area contributed by atoms with E-state index in [0.29, 0.717) is 42.3 Å². The lowest BCUT2D eigenvalue weighted by molar-refractivity contribution is -0.387. The number of fused-ring (bicyclic) bond motifs is 1. The number of nitrogens with zero attached hydrogens (tertiary/aromatic N) is 2. The number of hydrogen-bond donors (Lipinski definition) is 3. The standard InChI is InChI=1S/C24H17ClN4O5S3/c25-14-4-1-12(2-5-14)21(30)26-15-6-7-16-20(10-15)37-24(28-16)36-19-8-3-13(9-18(19)29(33)34)22-27-17(11-35-22)23(31)32/h1-10,17,22,27H,11H2,(H,26,30)(H,31,32)/t17-,22-/m1/s1. The van der Waals surface area contributed by atoms with E-state index in [-0.39, 0.29) is 17.0 Å². The number of rotatable bonds is 7. The Morgan fingerprint density at radius 2 is 1.95 bits per heavy atom. The summed E-state index contributed by atoms with van der Waals surface area (Å²) in [5.41, 5.74) is 2.37. The van der Waals surface area contributed by atoms with Gasteiger partial charge in [-0.3, -0.25) is 25.0 Å². The number of amides is 1. The van der Waals surface area contributed by atoms with Gasteiger partial charge < -0.3 is 10.4 Å². The highest BCUT2D eigenvalue weighted by atomic mass is 35.5. The third-order valence-corrected chi connectivity index (χ3v) is 9.16. The summed E-state index contributed by atoms with van der Waals surface area (Å²) in [5, 5.41) is 27.1. The van der Waals surface area contributed by atoms with Gasteiger partial charge in [0, 0.05) is 28.1 Å². The van der Waals surface area contributed by atoms with Gasteiger partial charge in [-0.1, -0.05) is 29.4 Å². The summed E-state index contributed by atoms with van der Waals surface area (Å²) < 4.78 is 1.44. The molecule has 5 rings (SSSR count). The number of hydrogen-bond acceptors (Lipinski definition) is 9. The van der Waals surface area contributed by atoms with Gasteiger partial charge in [0.1, 0.15) is 6.04 Å².